The fourth-order valence-electron chi connectivity index (χ4n) is 10.3. The molecule has 0 radical (unpaired) electrons. The first-order chi connectivity index (χ1) is 31.3. The van der Waals surface area contributed by atoms with Crippen molar-refractivity contribution in [3.63, 3.8) is 0 Å². The highest BCUT2D eigenvalue weighted by Gasteiger charge is 2.41. The fraction of sp³-hybridized carbons (Fsp3) is 0.558. The number of ketones is 2. The largest absolute Gasteiger partial charge is 0.344 e. The van der Waals surface area contributed by atoms with Crippen molar-refractivity contribution in [2.75, 3.05) is 39.3 Å². The van der Waals surface area contributed by atoms with Crippen LogP contribution < -0.4 is 11.1 Å². The minimum Gasteiger partial charge on any atom is -0.344 e. The van der Waals surface area contributed by atoms with Crippen molar-refractivity contribution in [2.45, 2.75) is 146 Å². The molecular formula is C52H68F2N8O3. The van der Waals surface area contributed by atoms with Gasteiger partial charge >= 0.3 is 6.43 Å². The van der Waals surface area contributed by atoms with E-state index < -0.39 is 24.7 Å². The topological polar surface area (TPSA) is 147 Å². The average Bonchev–Trinajstić information content (AvgIpc) is 3.31. The molecule has 13 heteroatoms. The number of Topliss-reactive ketones (excluding diaryl/α,β-unsaturated/α-hetero) is 2. The Balaban J connectivity index is 0.000000196. The molecule has 2 aromatic carbocycles. The molecular weight excluding hydrogens is 823 g/mol. The first-order valence-electron chi connectivity index (χ1n) is 23.9. The normalized spacial score (nSPS) is 19.0. The Morgan fingerprint density at radius 2 is 1.00 bits per heavy atom. The van der Waals surface area contributed by atoms with Crippen molar-refractivity contribution in [3.8, 4) is 0 Å². The number of nitrogens with one attached hydrogen (secondary N) is 1. The maximum absolute atomic E-state index is 12.3. The summed E-state index contributed by atoms with van der Waals surface area (Å²) < 4.78 is 24.6. The van der Waals surface area contributed by atoms with Crippen LogP contribution in [0.1, 0.15) is 158 Å². The summed E-state index contributed by atoms with van der Waals surface area (Å²) in [5.74, 6) is 0.692. The molecule has 65 heavy (non-hydrogen) atoms. The van der Waals surface area contributed by atoms with Crippen LogP contribution in [0.3, 0.4) is 0 Å². The zero-order valence-corrected chi connectivity index (χ0v) is 38.8. The van der Waals surface area contributed by atoms with Gasteiger partial charge in [-0.25, -0.2) is 19.9 Å². The maximum Gasteiger partial charge on any atom is 0.315 e. The second-order valence-electron chi connectivity index (χ2n) is 19.5. The van der Waals surface area contributed by atoms with E-state index in [1.807, 2.05) is 5.32 Å². The highest BCUT2D eigenvalue weighted by atomic mass is 19.3. The van der Waals surface area contributed by atoms with Gasteiger partial charge in [0.05, 0.1) is 24.2 Å². The summed E-state index contributed by atoms with van der Waals surface area (Å²) in [6.45, 7) is 13.3. The minimum atomic E-state index is -3.15. The first-order valence-corrected chi connectivity index (χ1v) is 23.9. The Kier molecular flexibility index (Phi) is 16.0. The van der Waals surface area contributed by atoms with Gasteiger partial charge in [-0.3, -0.25) is 14.4 Å². The lowest BCUT2D eigenvalue weighted by molar-refractivity contribution is -0.131. The van der Waals surface area contributed by atoms with Crippen LogP contribution in [0.5, 0.6) is 0 Å². The molecule has 8 rings (SSSR count). The second kappa shape index (κ2) is 21.6. The lowest BCUT2D eigenvalue weighted by Gasteiger charge is -2.42. The van der Waals surface area contributed by atoms with Crippen LogP contribution in [0, 0.1) is 0 Å². The molecule has 2 aliphatic carbocycles. The fourth-order valence-corrected chi connectivity index (χ4v) is 10.3. The Morgan fingerprint density at radius 3 is 1.31 bits per heavy atom. The molecule has 2 aliphatic heterocycles. The number of benzene rings is 2. The number of carbonyl (C=O) groups excluding carboxylic acids is 3. The third-order valence-corrected chi connectivity index (χ3v) is 15.0. The van der Waals surface area contributed by atoms with Crippen molar-refractivity contribution >= 4 is 17.5 Å². The summed E-state index contributed by atoms with van der Waals surface area (Å²) in [5, 5.41) is 1.91. The molecule has 2 aromatic heterocycles. The molecule has 2 saturated heterocycles. The number of amides is 1. The second-order valence-corrected chi connectivity index (χ2v) is 19.5. The van der Waals surface area contributed by atoms with Gasteiger partial charge in [-0.05, 0) is 139 Å². The van der Waals surface area contributed by atoms with Crippen molar-refractivity contribution in [3.05, 3.63) is 118 Å². The Morgan fingerprint density at radius 1 is 0.631 bits per heavy atom. The quantitative estimate of drug-likeness (QED) is 0.106. The average molecular weight is 891 g/mol. The van der Waals surface area contributed by atoms with Gasteiger partial charge in [0.1, 0.15) is 11.6 Å². The van der Waals surface area contributed by atoms with Gasteiger partial charge in [0.25, 0.3) is 5.91 Å². The van der Waals surface area contributed by atoms with Gasteiger partial charge in [0.15, 0.2) is 11.6 Å². The summed E-state index contributed by atoms with van der Waals surface area (Å²) in [4.78, 5) is 57.6. The number of piperidine rings is 2. The molecule has 1 amide bonds. The van der Waals surface area contributed by atoms with Crippen LogP contribution in [0.25, 0.3) is 0 Å². The van der Waals surface area contributed by atoms with E-state index in [9.17, 15) is 23.2 Å². The van der Waals surface area contributed by atoms with Crippen molar-refractivity contribution in [1.82, 2.24) is 35.1 Å². The molecule has 0 spiro atoms. The first kappa shape index (κ1) is 48.1. The Bertz CT molecular complexity index is 2180. The number of hydrogen-bond acceptors (Lipinski definition) is 10. The van der Waals surface area contributed by atoms with Gasteiger partial charge in [0.2, 0.25) is 0 Å². The third kappa shape index (κ3) is 11.8. The number of nitrogens with two attached hydrogens (primary N) is 1. The smallest absolute Gasteiger partial charge is 0.315 e. The van der Waals surface area contributed by atoms with E-state index >= 15 is 0 Å². The van der Waals surface area contributed by atoms with Crippen molar-refractivity contribution in [2.24, 2.45) is 5.73 Å². The van der Waals surface area contributed by atoms with E-state index in [4.69, 9.17) is 5.73 Å². The van der Waals surface area contributed by atoms with Crippen molar-refractivity contribution < 1.29 is 23.2 Å². The number of aromatic nitrogens is 4. The van der Waals surface area contributed by atoms with Crippen LogP contribution >= 0.6 is 0 Å². The molecule has 4 aliphatic rings. The zero-order valence-electron chi connectivity index (χ0n) is 38.8. The third-order valence-electron chi connectivity index (χ3n) is 15.0. The van der Waals surface area contributed by atoms with Gasteiger partial charge < -0.3 is 20.9 Å². The van der Waals surface area contributed by atoms with E-state index in [-0.39, 0.29) is 28.7 Å². The predicted octanol–water partition coefficient (Wildman–Crippen LogP) is 8.16. The molecule has 0 atom stereocenters. The number of alkyl halides is 2. The number of nitrogens with zero attached hydrogens (tertiary/aromatic N) is 6. The van der Waals surface area contributed by atoms with E-state index in [2.05, 4.69) is 106 Å². The summed E-state index contributed by atoms with van der Waals surface area (Å²) in [5.41, 5.74) is 11.9. The monoisotopic (exact) mass is 891 g/mol. The van der Waals surface area contributed by atoms with Gasteiger partial charge in [-0.1, -0.05) is 61.4 Å². The highest BCUT2D eigenvalue weighted by molar-refractivity contribution is 5.99. The van der Waals surface area contributed by atoms with Gasteiger partial charge in [-0.2, -0.15) is 8.78 Å². The number of carbonyl (C=O) groups is 3. The van der Waals surface area contributed by atoms with E-state index in [1.54, 1.807) is 12.4 Å². The summed E-state index contributed by atoms with van der Waals surface area (Å²) >= 11 is 0. The molecule has 4 aromatic rings. The molecule has 4 fully saturated rings. The zero-order chi connectivity index (χ0) is 46.1. The SMILES string of the molecule is CC(C)N1CCC(c2ccc(C3(Cc4ncc(C(=O)CN)cn4)CCC3)cc2)CC1.CC(C)N1CCC(c2ccc(C3(Cc4ncc(C(=O)CNC(=O)C(F)F)cn4)CCC3)cc2)CC1. The number of rotatable bonds is 16. The standard InChI is InChI=1S/C27H34F2N4O2.C25H34N4O/c1-18(2)33-12-8-20(9-13-33)19-4-6-22(7-5-19)27(10-3-11-27)14-24-30-15-21(16-31-24)23(34)17-32-26(35)25(28)29;1-18(2)29-12-8-20(9-13-29)19-4-6-22(7-5-19)25(10-3-11-25)14-24-27-16-21(17-28-24)23(30)15-26/h4-7,15-16,18,20,25H,3,8-14,17H2,1-2H3,(H,32,35);4-7,16-18,20H,3,8-15,26H2,1-2H3. The molecule has 11 nitrogen and oxygen atoms in total. The Hall–Kier alpha value is -4.85. The number of hydrogen-bond donors (Lipinski definition) is 2. The van der Waals surface area contributed by atoms with Gasteiger partial charge in [-0.15, -0.1) is 0 Å². The Labute approximate surface area is 383 Å². The van der Waals surface area contributed by atoms with Crippen molar-refractivity contribution in [1.29, 1.82) is 0 Å². The summed E-state index contributed by atoms with van der Waals surface area (Å²) in [6.07, 6.45) is 16.3. The van der Waals surface area contributed by atoms with Crippen LogP contribution in [0.15, 0.2) is 73.3 Å². The van der Waals surface area contributed by atoms with Gasteiger partial charge in [0, 0.05) is 60.5 Å². The molecule has 4 heterocycles. The van der Waals surface area contributed by atoms with E-state index in [1.165, 1.54) is 92.7 Å². The summed E-state index contributed by atoms with van der Waals surface area (Å²) in [7, 11) is 0. The van der Waals surface area contributed by atoms with Crippen LogP contribution in [-0.4, -0.2) is 105 Å². The molecule has 0 unspecified atom stereocenters. The van der Waals surface area contributed by atoms with Crippen LogP contribution in [0.4, 0.5) is 8.78 Å². The molecule has 0 bridgehead atoms. The minimum absolute atomic E-state index is 0.00448. The van der Waals surface area contributed by atoms with E-state index in [0.29, 0.717) is 41.7 Å². The number of likely N-dealkylation sites (tertiary alicyclic amines) is 2. The number of halogens is 2. The highest BCUT2D eigenvalue weighted by Crippen LogP contribution is 2.47. The van der Waals surface area contributed by atoms with Crippen LogP contribution in [0.2, 0.25) is 0 Å². The maximum atomic E-state index is 12.3. The van der Waals surface area contributed by atoms with Crippen LogP contribution in [-0.2, 0) is 28.5 Å². The lowest BCUT2D eigenvalue weighted by Crippen LogP contribution is -2.38. The molecule has 2 saturated carbocycles. The predicted molar refractivity (Wildman–Crippen MR) is 250 cm³/mol. The molecule has 348 valence electrons. The summed E-state index contributed by atoms with van der Waals surface area (Å²) in [6, 6.07) is 19.8. The molecule has 3 N–H and O–H groups in total. The van der Waals surface area contributed by atoms with E-state index in [0.717, 1.165) is 44.6 Å². The lowest BCUT2D eigenvalue weighted by atomic mass is 9.62.